The first-order valence-electron chi connectivity index (χ1n) is 4.49. The molecule has 1 aromatic heterocycles. The van der Waals surface area contributed by atoms with Crippen molar-refractivity contribution in [1.29, 1.82) is 0 Å². The molecular weight excluding hydrogens is 188 g/mol. The van der Waals surface area contributed by atoms with Gasteiger partial charge in [-0.2, -0.15) is 0 Å². The predicted molar refractivity (Wildman–Crippen MR) is 52.6 cm³/mol. The number of nitrogens with one attached hydrogen (secondary N) is 1. The maximum atomic E-state index is 11.7. The number of anilines is 1. The van der Waals surface area contributed by atoms with Gasteiger partial charge in [-0.25, -0.2) is 18.7 Å². The number of aromatic nitrogens is 2. The maximum absolute atomic E-state index is 11.7. The number of hydrogen-bond acceptors (Lipinski definition) is 3. The molecule has 0 fully saturated rings. The summed E-state index contributed by atoms with van der Waals surface area (Å²) in [7, 11) is 0. The zero-order chi connectivity index (χ0) is 11.0. The molecule has 14 heavy (non-hydrogen) atoms. The third-order valence-electron chi connectivity index (χ3n) is 1.20. The van der Waals surface area contributed by atoms with Crippen LogP contribution in [0.25, 0.3) is 0 Å². The largest absolute Gasteiger partial charge is 0.348 e. The second-order valence-corrected chi connectivity index (χ2v) is 2.36. The van der Waals surface area contributed by atoms with Crippen LogP contribution in [0.5, 0.6) is 0 Å². The molecule has 0 saturated heterocycles. The zero-order valence-corrected chi connectivity index (χ0v) is 8.59. The Morgan fingerprint density at radius 3 is 2.21 bits per heavy atom. The van der Waals surface area contributed by atoms with Crippen molar-refractivity contribution in [3.63, 3.8) is 0 Å². The lowest BCUT2D eigenvalue weighted by atomic mass is 10.4. The third kappa shape index (κ3) is 5.40. The van der Waals surface area contributed by atoms with Crippen LogP contribution in [0.1, 0.15) is 19.4 Å². The van der Waals surface area contributed by atoms with E-state index in [0.29, 0.717) is 0 Å². The Bertz CT molecular complexity index is 236. The average molecular weight is 203 g/mol. The molecule has 0 radical (unpaired) electrons. The van der Waals surface area contributed by atoms with Crippen LogP contribution < -0.4 is 5.32 Å². The van der Waals surface area contributed by atoms with Crippen LogP contribution in [0.15, 0.2) is 12.4 Å². The maximum Gasteiger partial charge on any atom is 0.255 e. The van der Waals surface area contributed by atoms with Gasteiger partial charge in [-0.3, -0.25) is 0 Å². The lowest BCUT2D eigenvalue weighted by Crippen LogP contribution is -2.12. The van der Waals surface area contributed by atoms with Crippen molar-refractivity contribution >= 4 is 5.95 Å². The molecule has 5 heteroatoms. The van der Waals surface area contributed by atoms with E-state index >= 15 is 0 Å². The smallest absolute Gasteiger partial charge is 0.255 e. The zero-order valence-electron chi connectivity index (χ0n) is 8.59. The topological polar surface area (TPSA) is 37.8 Å². The molecule has 0 atom stereocenters. The van der Waals surface area contributed by atoms with E-state index < -0.39 is 13.0 Å². The molecule has 0 aliphatic carbocycles. The first kappa shape index (κ1) is 12.7. The van der Waals surface area contributed by atoms with Crippen molar-refractivity contribution in [3.05, 3.63) is 18.0 Å². The molecule has 80 valence electrons. The summed E-state index contributed by atoms with van der Waals surface area (Å²) in [6.07, 6.45) is 0.761. The quantitative estimate of drug-likeness (QED) is 0.820. The van der Waals surface area contributed by atoms with E-state index in [4.69, 9.17) is 0 Å². The van der Waals surface area contributed by atoms with Crippen LogP contribution in [0.3, 0.4) is 0 Å². The van der Waals surface area contributed by atoms with Gasteiger partial charge in [0.15, 0.2) is 0 Å². The van der Waals surface area contributed by atoms with Gasteiger partial charge >= 0.3 is 0 Å². The SMILES string of the molecule is CC.Cc1cnc(NCC(F)F)nc1. The van der Waals surface area contributed by atoms with Crippen LogP contribution in [-0.4, -0.2) is 22.9 Å². The van der Waals surface area contributed by atoms with Gasteiger partial charge in [0.05, 0.1) is 6.54 Å². The summed E-state index contributed by atoms with van der Waals surface area (Å²) in [4.78, 5) is 7.59. The van der Waals surface area contributed by atoms with E-state index in [-0.39, 0.29) is 5.95 Å². The van der Waals surface area contributed by atoms with Crippen LogP contribution in [0.2, 0.25) is 0 Å². The molecule has 0 bridgehead atoms. The fourth-order valence-corrected chi connectivity index (χ4v) is 0.652. The van der Waals surface area contributed by atoms with E-state index in [9.17, 15) is 8.78 Å². The fourth-order valence-electron chi connectivity index (χ4n) is 0.652. The Balaban J connectivity index is 0.000000791. The summed E-state index contributed by atoms with van der Waals surface area (Å²) in [6, 6.07) is 0. The van der Waals surface area contributed by atoms with E-state index in [1.807, 2.05) is 20.8 Å². The highest BCUT2D eigenvalue weighted by molar-refractivity contribution is 5.23. The molecule has 1 rings (SSSR count). The molecule has 0 spiro atoms. The molecule has 1 N–H and O–H groups in total. The first-order chi connectivity index (χ1) is 6.68. The summed E-state index contributed by atoms with van der Waals surface area (Å²) >= 11 is 0. The third-order valence-corrected chi connectivity index (χ3v) is 1.20. The van der Waals surface area contributed by atoms with Crippen LogP contribution in [-0.2, 0) is 0 Å². The molecule has 1 aromatic rings. The lowest BCUT2D eigenvalue weighted by molar-refractivity contribution is 0.163. The standard InChI is InChI=1S/C7H9F2N3.C2H6/c1-5-2-10-7(11-3-5)12-4-6(8)9;1-2/h2-3,6H,4H2,1H3,(H,10,11,12);1-2H3. The minimum absolute atomic E-state index is 0.237. The summed E-state index contributed by atoms with van der Waals surface area (Å²) in [5.41, 5.74) is 0.901. The molecule has 0 unspecified atom stereocenters. The highest BCUT2D eigenvalue weighted by Gasteiger charge is 2.02. The van der Waals surface area contributed by atoms with Gasteiger partial charge < -0.3 is 5.32 Å². The molecule has 0 aliphatic heterocycles. The van der Waals surface area contributed by atoms with Crippen molar-refractivity contribution in [2.75, 3.05) is 11.9 Å². The summed E-state index contributed by atoms with van der Waals surface area (Å²) in [6.45, 7) is 5.42. The van der Waals surface area contributed by atoms with E-state index in [0.717, 1.165) is 5.56 Å². The van der Waals surface area contributed by atoms with E-state index in [1.54, 1.807) is 12.4 Å². The second kappa shape index (κ2) is 7.17. The van der Waals surface area contributed by atoms with Gasteiger partial charge in [0.1, 0.15) is 0 Å². The van der Waals surface area contributed by atoms with Gasteiger partial charge in [0.25, 0.3) is 6.43 Å². The number of rotatable bonds is 3. The average Bonchev–Trinajstić information content (AvgIpc) is 2.20. The fraction of sp³-hybridized carbons (Fsp3) is 0.556. The van der Waals surface area contributed by atoms with Crippen LogP contribution in [0.4, 0.5) is 14.7 Å². The molecule has 1 heterocycles. The number of alkyl halides is 2. The van der Waals surface area contributed by atoms with Crippen molar-refractivity contribution < 1.29 is 8.78 Å². The van der Waals surface area contributed by atoms with Crippen molar-refractivity contribution in [1.82, 2.24) is 9.97 Å². The Hall–Kier alpha value is -1.26. The molecule has 0 amide bonds. The van der Waals surface area contributed by atoms with Gasteiger partial charge in [-0.05, 0) is 12.5 Å². The summed E-state index contributed by atoms with van der Waals surface area (Å²) < 4.78 is 23.4. The Morgan fingerprint density at radius 2 is 1.79 bits per heavy atom. The molecule has 0 saturated carbocycles. The second-order valence-electron chi connectivity index (χ2n) is 2.36. The van der Waals surface area contributed by atoms with Crippen molar-refractivity contribution in [3.8, 4) is 0 Å². The minimum Gasteiger partial charge on any atom is -0.348 e. The Labute approximate surface area is 82.6 Å². The van der Waals surface area contributed by atoms with Gasteiger partial charge in [-0.1, -0.05) is 13.8 Å². The van der Waals surface area contributed by atoms with Gasteiger partial charge in [0.2, 0.25) is 5.95 Å². The number of aryl methyl sites for hydroxylation is 1. The first-order valence-corrected chi connectivity index (χ1v) is 4.49. The summed E-state index contributed by atoms with van der Waals surface area (Å²) in [5.74, 6) is 0.237. The Morgan fingerprint density at radius 1 is 1.29 bits per heavy atom. The number of halogens is 2. The Kier molecular flexibility index (Phi) is 6.53. The molecular formula is C9H15F2N3. The minimum atomic E-state index is -2.38. The van der Waals surface area contributed by atoms with Crippen LogP contribution >= 0.6 is 0 Å². The van der Waals surface area contributed by atoms with Crippen molar-refractivity contribution in [2.24, 2.45) is 0 Å². The number of nitrogens with zero attached hydrogens (tertiary/aromatic N) is 2. The van der Waals surface area contributed by atoms with Gasteiger partial charge in [-0.15, -0.1) is 0 Å². The normalized spacial score (nSPS) is 9.29. The molecule has 0 aliphatic rings. The summed E-state index contributed by atoms with van der Waals surface area (Å²) in [5, 5.41) is 2.40. The number of hydrogen-bond donors (Lipinski definition) is 1. The lowest BCUT2D eigenvalue weighted by Gasteiger charge is -2.02. The van der Waals surface area contributed by atoms with E-state index in [2.05, 4.69) is 15.3 Å². The van der Waals surface area contributed by atoms with Gasteiger partial charge in [0, 0.05) is 12.4 Å². The highest BCUT2D eigenvalue weighted by Crippen LogP contribution is 1.99. The van der Waals surface area contributed by atoms with E-state index in [1.165, 1.54) is 0 Å². The predicted octanol–water partition coefficient (Wildman–Crippen LogP) is 2.49. The highest BCUT2D eigenvalue weighted by atomic mass is 19.3. The monoisotopic (exact) mass is 203 g/mol. The van der Waals surface area contributed by atoms with Crippen molar-refractivity contribution in [2.45, 2.75) is 27.2 Å². The van der Waals surface area contributed by atoms with Crippen LogP contribution in [0, 0.1) is 6.92 Å². The molecule has 3 nitrogen and oxygen atoms in total. The molecule has 0 aromatic carbocycles.